The third-order valence-corrected chi connectivity index (χ3v) is 14.7. The molecule has 4 N–H and O–H groups in total. The number of carbonyl (C=O) groups excluding carboxylic acids is 4. The Morgan fingerprint density at radius 1 is 0.590 bits per heavy atom. The number of nitrogens with zero attached hydrogens (tertiary/aromatic N) is 9. The summed E-state index contributed by atoms with van der Waals surface area (Å²) in [5.74, 6) is -0.935. The van der Waals surface area contributed by atoms with Crippen LogP contribution in [-0.4, -0.2) is 129 Å². The van der Waals surface area contributed by atoms with Crippen LogP contribution in [0.2, 0.25) is 0 Å². The third-order valence-electron chi connectivity index (χ3n) is 14.7. The Hall–Kier alpha value is -7.70. The highest BCUT2D eigenvalue weighted by molar-refractivity contribution is 6.00. The largest absolute Gasteiger partial charge is 0.399 e. The van der Waals surface area contributed by atoms with Crippen LogP contribution in [0.3, 0.4) is 0 Å². The number of hydrogen-bond donors (Lipinski definition) is 3. The van der Waals surface area contributed by atoms with Crippen LogP contribution in [-0.2, 0) is 25.9 Å². The molecule has 4 aromatic carbocycles. The molecule has 0 radical (unpaired) electrons. The monoisotopic (exact) mass is 1060 g/mol. The molecule has 6 aromatic rings. The maximum absolute atomic E-state index is 14.0. The first-order valence-corrected chi connectivity index (χ1v) is 27.5. The molecule has 2 atom stereocenters. The maximum Gasteiger partial charge on any atom is 0.274 e. The highest BCUT2D eigenvalue weighted by atomic mass is 16.6. The number of benzene rings is 4. The molecule has 0 spiro atoms. The second kappa shape index (κ2) is 27.1. The molecule has 0 unspecified atom stereocenters. The van der Waals surface area contributed by atoms with Crippen LogP contribution in [0.4, 0.5) is 11.4 Å². The molecule has 0 bridgehead atoms. The summed E-state index contributed by atoms with van der Waals surface area (Å²) in [6.45, 7) is 15.0. The summed E-state index contributed by atoms with van der Waals surface area (Å²) in [5, 5.41) is 41.2. The zero-order valence-corrected chi connectivity index (χ0v) is 46.1. The molecule has 2 aliphatic heterocycles. The van der Waals surface area contributed by atoms with E-state index in [2.05, 4.69) is 37.9 Å². The lowest BCUT2D eigenvalue weighted by Gasteiger charge is -2.36. The molecule has 18 heteroatoms. The summed E-state index contributed by atoms with van der Waals surface area (Å²) in [4.78, 5) is 72.9. The second-order valence-electron chi connectivity index (χ2n) is 20.4. The summed E-state index contributed by atoms with van der Waals surface area (Å²) in [5.41, 5.74) is 14.0. The molecule has 2 aliphatic rings. The Bertz CT molecular complexity index is 3060. The van der Waals surface area contributed by atoms with Crippen LogP contribution in [0.1, 0.15) is 154 Å². The Morgan fingerprint density at radius 2 is 0.974 bits per heavy atom. The Labute approximate surface area is 457 Å². The normalized spacial score (nSPS) is 14.7. The van der Waals surface area contributed by atoms with Crippen molar-refractivity contribution in [2.45, 2.75) is 131 Å². The average molecular weight is 1070 g/mol. The molecule has 414 valence electrons. The number of hydrogen-bond acceptors (Lipinski definition) is 11. The van der Waals surface area contributed by atoms with E-state index in [0.29, 0.717) is 79.6 Å². The zero-order chi connectivity index (χ0) is 56.0. The van der Waals surface area contributed by atoms with Crippen LogP contribution in [0, 0.1) is 24.0 Å². The number of nitro groups is 1. The van der Waals surface area contributed by atoms with Gasteiger partial charge in [0, 0.05) is 68.5 Å². The standard InChI is InChI=1S/C30H37N5O5.C30H39N5O3/c1-4-6-14-32(15-7-5-2)30(38)27-16-21(3)34(31-27)28-13-12-24(35(39)40)18-26(28)29(37)33-19-23-11-9-8-10-22(23)17-25(33)20-36;1-4-6-14-33(15-7-5-2)30(38)27-16-21(3)35(32-27)28-13-12-24(31)18-26(28)29(37)34-19-23-11-9-8-10-22(23)17-25(34)20-36/h8-13,16,18,25,36H,4-7,14-15,17,19-20H2,1-3H3;8-13,16,18,25,36H,4-7,14-15,17,19-20,31H2,1-3H3/t2*25-/m00/s1. The van der Waals surface area contributed by atoms with Gasteiger partial charge in [0.15, 0.2) is 11.4 Å². The molecule has 0 fully saturated rings. The lowest BCUT2D eigenvalue weighted by atomic mass is 9.93. The minimum absolute atomic E-state index is 0.0889. The van der Waals surface area contributed by atoms with Gasteiger partial charge >= 0.3 is 0 Å². The number of aromatic nitrogens is 4. The van der Waals surface area contributed by atoms with Crippen molar-refractivity contribution in [2.75, 3.05) is 45.1 Å². The lowest BCUT2D eigenvalue weighted by Crippen LogP contribution is -2.46. The average Bonchev–Trinajstić information content (AvgIpc) is 4.05. The van der Waals surface area contributed by atoms with Gasteiger partial charge in [0.05, 0.1) is 52.7 Å². The van der Waals surface area contributed by atoms with Crippen molar-refractivity contribution >= 4 is 35.0 Å². The highest BCUT2D eigenvalue weighted by Crippen LogP contribution is 2.31. The van der Waals surface area contributed by atoms with Crippen molar-refractivity contribution in [1.29, 1.82) is 0 Å². The van der Waals surface area contributed by atoms with Gasteiger partial charge in [-0.2, -0.15) is 10.2 Å². The van der Waals surface area contributed by atoms with Crippen LogP contribution in [0.5, 0.6) is 0 Å². The topological polar surface area (TPSA) is 226 Å². The maximum atomic E-state index is 14.0. The number of rotatable bonds is 21. The van der Waals surface area contributed by atoms with Crippen LogP contribution in [0.15, 0.2) is 97.1 Å². The minimum Gasteiger partial charge on any atom is -0.399 e. The molecular weight excluding hydrogens is 989 g/mol. The van der Waals surface area contributed by atoms with Gasteiger partial charge in [0.25, 0.3) is 29.3 Å². The summed E-state index contributed by atoms with van der Waals surface area (Å²) in [7, 11) is 0. The summed E-state index contributed by atoms with van der Waals surface area (Å²) in [6.07, 6.45) is 8.68. The fourth-order valence-corrected chi connectivity index (χ4v) is 10.2. The molecule has 4 heterocycles. The molecular formula is C60H76N10O8. The summed E-state index contributed by atoms with van der Waals surface area (Å²) >= 11 is 0. The number of nitrogens with two attached hydrogens (primary N) is 1. The van der Waals surface area contributed by atoms with E-state index in [1.54, 1.807) is 51.7 Å². The Morgan fingerprint density at radius 3 is 1.36 bits per heavy atom. The zero-order valence-electron chi connectivity index (χ0n) is 46.1. The van der Waals surface area contributed by atoms with Gasteiger partial charge in [-0.3, -0.25) is 29.3 Å². The molecule has 4 amide bonds. The summed E-state index contributed by atoms with van der Waals surface area (Å²) < 4.78 is 3.16. The lowest BCUT2D eigenvalue weighted by molar-refractivity contribution is -0.384. The molecule has 8 rings (SSSR count). The van der Waals surface area contributed by atoms with E-state index in [1.807, 2.05) is 65.3 Å². The SMILES string of the molecule is CCCCN(CCCC)C(=O)c1cc(C)n(-c2ccc(N)cc2C(=O)N2Cc3ccccc3C[C@H]2CO)n1.CCCCN(CCCC)C(=O)c1cc(C)n(-c2ccc([N+](=O)[O-])cc2C(=O)N2Cc3ccccc3C[C@H]2CO)n1. The summed E-state index contributed by atoms with van der Waals surface area (Å²) in [6, 6.07) is 27.6. The molecule has 0 saturated carbocycles. The number of non-ortho nitro benzene ring substituents is 1. The number of aryl methyl sites for hydroxylation is 2. The quantitative estimate of drug-likeness (QED) is 0.0350. The fourth-order valence-electron chi connectivity index (χ4n) is 10.2. The number of amides is 4. The van der Waals surface area contributed by atoms with E-state index in [1.165, 1.54) is 22.9 Å². The van der Waals surface area contributed by atoms with Crippen molar-refractivity contribution in [2.24, 2.45) is 0 Å². The van der Waals surface area contributed by atoms with E-state index >= 15 is 0 Å². The van der Waals surface area contributed by atoms with Crippen LogP contribution in [0.25, 0.3) is 11.4 Å². The Kier molecular flexibility index (Phi) is 20.1. The number of unbranched alkanes of at least 4 members (excludes halogenated alkanes) is 4. The number of carbonyl (C=O) groups is 4. The van der Waals surface area contributed by atoms with Crippen molar-refractivity contribution in [3.8, 4) is 11.4 Å². The molecule has 78 heavy (non-hydrogen) atoms. The molecule has 0 saturated heterocycles. The van der Waals surface area contributed by atoms with Crippen LogP contribution >= 0.6 is 0 Å². The third kappa shape index (κ3) is 13.3. The van der Waals surface area contributed by atoms with E-state index in [9.17, 15) is 39.5 Å². The number of nitro benzene ring substituents is 1. The van der Waals surface area contributed by atoms with Crippen molar-refractivity contribution in [3.63, 3.8) is 0 Å². The second-order valence-corrected chi connectivity index (χ2v) is 20.4. The van der Waals surface area contributed by atoms with Gasteiger partial charge in [-0.05, 0) is 111 Å². The number of aliphatic hydroxyl groups excluding tert-OH is 2. The first-order chi connectivity index (χ1) is 37.7. The first-order valence-electron chi connectivity index (χ1n) is 27.5. The van der Waals surface area contributed by atoms with Crippen LogP contribution < -0.4 is 5.73 Å². The smallest absolute Gasteiger partial charge is 0.274 e. The van der Waals surface area contributed by atoms with E-state index in [-0.39, 0.29) is 60.5 Å². The van der Waals surface area contributed by atoms with Gasteiger partial charge in [-0.1, -0.05) is 102 Å². The fraction of sp³-hybridized carbons (Fsp3) is 0.433. The van der Waals surface area contributed by atoms with Gasteiger partial charge in [-0.15, -0.1) is 0 Å². The highest BCUT2D eigenvalue weighted by Gasteiger charge is 2.34. The van der Waals surface area contributed by atoms with Gasteiger partial charge in [0.1, 0.15) is 0 Å². The molecule has 0 aliphatic carbocycles. The predicted octanol–water partition coefficient (Wildman–Crippen LogP) is 9.06. The van der Waals surface area contributed by atoms with Gasteiger partial charge < -0.3 is 35.5 Å². The van der Waals surface area contributed by atoms with E-state index < -0.39 is 16.9 Å². The van der Waals surface area contributed by atoms with Crippen molar-refractivity contribution < 1.29 is 34.3 Å². The van der Waals surface area contributed by atoms with Gasteiger partial charge in [-0.25, -0.2) is 9.36 Å². The van der Waals surface area contributed by atoms with Crippen molar-refractivity contribution in [1.82, 2.24) is 39.2 Å². The number of nitrogen functional groups attached to an aromatic ring is 1. The number of anilines is 1. The number of aliphatic hydroxyl groups is 2. The Balaban J connectivity index is 0.000000226. The first kappa shape index (κ1) is 58.0. The minimum atomic E-state index is -0.542. The molecule has 2 aromatic heterocycles. The van der Waals surface area contributed by atoms with E-state index in [0.717, 1.165) is 79.3 Å². The van der Waals surface area contributed by atoms with Crippen molar-refractivity contribution in [3.05, 3.63) is 163 Å². The van der Waals surface area contributed by atoms with Gasteiger partial charge in [0.2, 0.25) is 0 Å². The predicted molar refractivity (Wildman–Crippen MR) is 301 cm³/mol. The number of fused-ring (bicyclic) bond motifs is 2. The van der Waals surface area contributed by atoms with E-state index in [4.69, 9.17) is 5.73 Å². The molecule has 18 nitrogen and oxygen atoms in total.